The molecule has 0 N–H and O–H groups in total. The molecule has 1 aliphatic heterocycles. The van der Waals surface area contributed by atoms with E-state index in [4.69, 9.17) is 11.6 Å². The van der Waals surface area contributed by atoms with Crippen molar-refractivity contribution in [3.8, 4) is 5.75 Å². The summed E-state index contributed by atoms with van der Waals surface area (Å²) in [5.74, 6) is -0.215. The van der Waals surface area contributed by atoms with Crippen LogP contribution in [0.25, 0.3) is 0 Å². The number of ether oxygens (including phenoxy) is 1. The summed E-state index contributed by atoms with van der Waals surface area (Å²) in [5.41, 5.74) is 0. The summed E-state index contributed by atoms with van der Waals surface area (Å²) in [6.45, 7) is -1.83. The van der Waals surface area contributed by atoms with Gasteiger partial charge in [0.15, 0.2) is 0 Å². The SMILES string of the molecule is O=S(=O)(c1ccc(F)c(Cl)c1)N1CCN(c2ccc(OC(F)F)cn2)CC1. The normalized spacial score (nSPS) is 16.0. The van der Waals surface area contributed by atoms with Crippen molar-refractivity contribution >= 4 is 27.4 Å². The number of hydrogen-bond donors (Lipinski definition) is 0. The number of anilines is 1. The van der Waals surface area contributed by atoms with Crippen LogP contribution in [0.1, 0.15) is 0 Å². The van der Waals surface area contributed by atoms with E-state index in [1.807, 2.05) is 4.90 Å². The smallest absolute Gasteiger partial charge is 0.387 e. The van der Waals surface area contributed by atoms with Gasteiger partial charge in [-0.2, -0.15) is 13.1 Å². The van der Waals surface area contributed by atoms with Crippen LogP contribution >= 0.6 is 11.6 Å². The zero-order valence-electron chi connectivity index (χ0n) is 13.9. The van der Waals surface area contributed by atoms with Gasteiger partial charge in [-0.05, 0) is 30.3 Å². The number of pyridine rings is 1. The van der Waals surface area contributed by atoms with E-state index in [0.717, 1.165) is 12.1 Å². The molecule has 0 spiro atoms. The number of aromatic nitrogens is 1. The van der Waals surface area contributed by atoms with E-state index in [-0.39, 0.29) is 28.8 Å². The molecule has 1 fully saturated rings. The fraction of sp³-hybridized carbons (Fsp3) is 0.312. The number of piperazine rings is 1. The summed E-state index contributed by atoms with van der Waals surface area (Å²) in [6.07, 6.45) is 1.19. The third kappa shape index (κ3) is 4.45. The molecule has 11 heteroatoms. The third-order valence-electron chi connectivity index (χ3n) is 4.04. The van der Waals surface area contributed by atoms with Crippen molar-refractivity contribution in [2.24, 2.45) is 0 Å². The maximum Gasteiger partial charge on any atom is 0.387 e. The van der Waals surface area contributed by atoms with Gasteiger partial charge in [-0.1, -0.05) is 11.6 Å². The lowest BCUT2D eigenvalue weighted by atomic mass is 10.3. The van der Waals surface area contributed by atoms with Crippen molar-refractivity contribution in [3.63, 3.8) is 0 Å². The Labute approximate surface area is 159 Å². The van der Waals surface area contributed by atoms with Gasteiger partial charge in [0.05, 0.1) is 16.1 Å². The van der Waals surface area contributed by atoms with E-state index in [0.29, 0.717) is 18.9 Å². The molecule has 6 nitrogen and oxygen atoms in total. The molecular weight excluding hydrogens is 407 g/mol. The second-order valence-electron chi connectivity index (χ2n) is 5.70. The highest BCUT2D eigenvalue weighted by Crippen LogP contribution is 2.24. The Hall–Kier alpha value is -2.04. The minimum Gasteiger partial charge on any atom is -0.433 e. The van der Waals surface area contributed by atoms with Gasteiger partial charge < -0.3 is 9.64 Å². The maximum absolute atomic E-state index is 13.3. The first-order chi connectivity index (χ1) is 12.8. The summed E-state index contributed by atoms with van der Waals surface area (Å²) in [6, 6.07) is 6.17. The zero-order chi connectivity index (χ0) is 19.6. The van der Waals surface area contributed by atoms with Gasteiger partial charge in [0.25, 0.3) is 0 Å². The number of alkyl halides is 2. The molecule has 2 aromatic rings. The van der Waals surface area contributed by atoms with E-state index >= 15 is 0 Å². The van der Waals surface area contributed by atoms with Crippen molar-refractivity contribution in [2.45, 2.75) is 11.5 Å². The first-order valence-electron chi connectivity index (χ1n) is 7.88. The second kappa shape index (κ2) is 7.91. The molecule has 1 aliphatic rings. The fourth-order valence-electron chi connectivity index (χ4n) is 2.68. The van der Waals surface area contributed by atoms with Crippen LogP contribution in [0.4, 0.5) is 19.0 Å². The lowest BCUT2D eigenvalue weighted by molar-refractivity contribution is -0.0500. The third-order valence-corrected chi connectivity index (χ3v) is 6.22. The number of nitrogens with zero attached hydrogens (tertiary/aromatic N) is 3. The van der Waals surface area contributed by atoms with Crippen LogP contribution in [-0.2, 0) is 10.0 Å². The zero-order valence-corrected chi connectivity index (χ0v) is 15.4. The Balaban J connectivity index is 1.66. The summed E-state index contributed by atoms with van der Waals surface area (Å²) < 4.78 is 68.4. The van der Waals surface area contributed by atoms with Crippen molar-refractivity contribution in [3.05, 3.63) is 47.4 Å². The summed E-state index contributed by atoms with van der Waals surface area (Å²) in [5, 5.41) is -0.259. The number of halogens is 4. The molecule has 146 valence electrons. The average molecular weight is 422 g/mol. The van der Waals surface area contributed by atoms with Gasteiger partial charge in [0.2, 0.25) is 10.0 Å². The molecule has 0 unspecified atom stereocenters. The van der Waals surface area contributed by atoms with Crippen LogP contribution in [0.15, 0.2) is 41.4 Å². The summed E-state index contributed by atoms with van der Waals surface area (Å²) in [4.78, 5) is 5.82. The van der Waals surface area contributed by atoms with Crippen LogP contribution in [-0.4, -0.2) is 50.5 Å². The van der Waals surface area contributed by atoms with Crippen molar-refractivity contribution in [2.75, 3.05) is 31.1 Å². The first-order valence-corrected chi connectivity index (χ1v) is 9.70. The topological polar surface area (TPSA) is 62.7 Å². The highest BCUT2D eigenvalue weighted by molar-refractivity contribution is 7.89. The molecular formula is C16H15ClF3N3O3S. The molecule has 0 amide bonds. The Kier molecular flexibility index (Phi) is 5.78. The van der Waals surface area contributed by atoms with Gasteiger partial charge in [-0.25, -0.2) is 17.8 Å². The highest BCUT2D eigenvalue weighted by atomic mass is 35.5. The van der Waals surface area contributed by atoms with Crippen LogP contribution in [0.2, 0.25) is 5.02 Å². The molecule has 0 radical (unpaired) electrons. The van der Waals surface area contributed by atoms with Crippen LogP contribution in [0, 0.1) is 5.82 Å². The monoisotopic (exact) mass is 421 g/mol. The summed E-state index contributed by atoms with van der Waals surface area (Å²) in [7, 11) is -3.80. The standard InChI is InChI=1S/C16H15ClF3N3O3S/c17-13-9-12(2-3-14(13)18)27(24,25)23-7-5-22(6-8-23)15-4-1-11(10-21-15)26-16(19)20/h1-4,9-10,16H,5-8H2. The fourth-order valence-corrected chi connectivity index (χ4v) is 4.37. The molecule has 2 heterocycles. The second-order valence-corrected chi connectivity index (χ2v) is 8.04. The molecule has 0 bridgehead atoms. The minimum atomic E-state index is -3.80. The molecule has 0 atom stereocenters. The van der Waals surface area contributed by atoms with Gasteiger partial charge in [0.1, 0.15) is 17.4 Å². The van der Waals surface area contributed by atoms with E-state index in [1.54, 1.807) is 0 Å². The Morgan fingerprint density at radius 2 is 1.81 bits per heavy atom. The molecule has 0 aliphatic carbocycles. The average Bonchev–Trinajstić information content (AvgIpc) is 2.64. The lowest BCUT2D eigenvalue weighted by Gasteiger charge is -2.34. The number of rotatable bonds is 5. The molecule has 27 heavy (non-hydrogen) atoms. The first kappa shape index (κ1) is 19.7. The molecule has 3 rings (SSSR count). The Bertz CT molecular complexity index is 905. The number of benzene rings is 1. The van der Waals surface area contributed by atoms with Crippen molar-refractivity contribution < 1.29 is 26.3 Å². The Morgan fingerprint density at radius 3 is 2.37 bits per heavy atom. The molecule has 1 aromatic carbocycles. The largest absolute Gasteiger partial charge is 0.433 e. The van der Waals surface area contributed by atoms with E-state index in [1.165, 1.54) is 28.7 Å². The van der Waals surface area contributed by atoms with Crippen molar-refractivity contribution in [1.82, 2.24) is 9.29 Å². The highest BCUT2D eigenvalue weighted by Gasteiger charge is 2.29. The van der Waals surface area contributed by atoms with Crippen LogP contribution < -0.4 is 9.64 Å². The number of hydrogen-bond acceptors (Lipinski definition) is 5. The van der Waals surface area contributed by atoms with Gasteiger partial charge >= 0.3 is 6.61 Å². The van der Waals surface area contributed by atoms with Crippen molar-refractivity contribution in [1.29, 1.82) is 0 Å². The lowest BCUT2D eigenvalue weighted by Crippen LogP contribution is -2.48. The van der Waals surface area contributed by atoms with Gasteiger partial charge in [0, 0.05) is 26.2 Å². The van der Waals surface area contributed by atoms with Gasteiger partial charge in [-0.3, -0.25) is 0 Å². The van der Waals surface area contributed by atoms with E-state index < -0.39 is 22.5 Å². The van der Waals surface area contributed by atoms with Crippen LogP contribution in [0.3, 0.4) is 0 Å². The van der Waals surface area contributed by atoms with Gasteiger partial charge in [-0.15, -0.1) is 0 Å². The predicted molar refractivity (Wildman–Crippen MR) is 93.3 cm³/mol. The molecule has 0 saturated carbocycles. The number of sulfonamides is 1. The Morgan fingerprint density at radius 1 is 1.11 bits per heavy atom. The maximum atomic E-state index is 13.3. The van der Waals surface area contributed by atoms with Crippen LogP contribution in [0.5, 0.6) is 5.75 Å². The minimum absolute atomic E-state index is 0.0526. The van der Waals surface area contributed by atoms with E-state index in [9.17, 15) is 21.6 Å². The molecule has 1 saturated heterocycles. The molecule has 1 aromatic heterocycles. The van der Waals surface area contributed by atoms with E-state index in [2.05, 4.69) is 9.72 Å². The summed E-state index contributed by atoms with van der Waals surface area (Å²) >= 11 is 5.67. The predicted octanol–water partition coefficient (Wildman–Crippen LogP) is 2.99. The quantitative estimate of drug-likeness (QED) is 0.742.